The van der Waals surface area contributed by atoms with E-state index >= 15 is 0 Å². The van der Waals surface area contributed by atoms with E-state index in [9.17, 15) is 0 Å². The fourth-order valence-corrected chi connectivity index (χ4v) is 13.8. The van der Waals surface area contributed by atoms with Crippen LogP contribution in [0.4, 0.5) is 0 Å². The van der Waals surface area contributed by atoms with Gasteiger partial charge in [0.05, 0.1) is 19.1 Å². The highest BCUT2D eigenvalue weighted by Gasteiger charge is 2.44. The zero-order valence-corrected chi connectivity index (χ0v) is 23.4. The molecule has 162 valence electrons. The van der Waals surface area contributed by atoms with E-state index in [0.29, 0.717) is 16.6 Å². The number of benzene rings is 3. The highest BCUT2D eigenvalue weighted by Crippen LogP contribution is 2.42. The first-order chi connectivity index (χ1) is 14.7. The van der Waals surface area contributed by atoms with Crippen molar-refractivity contribution >= 4 is 66.9 Å². The molecule has 4 heteroatoms. The molecule has 1 heterocycles. The lowest BCUT2D eigenvalue weighted by molar-refractivity contribution is 0.835. The van der Waals surface area contributed by atoms with E-state index in [0.717, 1.165) is 8.95 Å². The first-order valence-corrected chi connectivity index (χ1v) is 15.0. The number of hydrogen-bond acceptors (Lipinski definition) is 0. The first kappa shape index (κ1) is 22.8. The zero-order chi connectivity index (χ0) is 22.5. The second-order valence-electron chi connectivity index (χ2n) is 9.55. The van der Waals surface area contributed by atoms with Crippen molar-refractivity contribution in [3.8, 4) is 5.69 Å². The average Bonchev–Trinajstić information content (AvgIpc) is 3.06. The number of para-hydroxylation sites is 1. The van der Waals surface area contributed by atoms with Crippen LogP contribution in [0.1, 0.15) is 41.5 Å². The predicted molar refractivity (Wildman–Crippen MR) is 147 cm³/mol. The van der Waals surface area contributed by atoms with Crippen LogP contribution in [0.2, 0.25) is 16.6 Å². The van der Waals surface area contributed by atoms with Crippen LogP contribution in [-0.2, 0) is 0 Å². The summed E-state index contributed by atoms with van der Waals surface area (Å²) in [6.45, 7) is 14.6. The first-order valence-electron chi connectivity index (χ1n) is 11.2. The summed E-state index contributed by atoms with van der Waals surface area (Å²) in [5, 5.41) is 4.11. The predicted octanol–water partition coefficient (Wildman–Crippen LogP) is 9.19. The molecule has 0 aliphatic carbocycles. The molecule has 0 saturated carbocycles. The average molecular weight is 557 g/mol. The number of halogens is 2. The molecule has 0 radical (unpaired) electrons. The lowest BCUT2D eigenvalue weighted by Gasteiger charge is -2.43. The second kappa shape index (κ2) is 8.53. The Morgan fingerprint density at radius 2 is 1.26 bits per heavy atom. The molecule has 0 aliphatic heterocycles. The summed E-state index contributed by atoms with van der Waals surface area (Å²) in [4.78, 5) is 0. The fraction of sp³-hybridized carbons (Fsp3) is 0.333. The zero-order valence-electron chi connectivity index (χ0n) is 19.2. The van der Waals surface area contributed by atoms with E-state index in [2.05, 4.69) is 139 Å². The highest BCUT2D eigenvalue weighted by molar-refractivity contribution is 9.13. The van der Waals surface area contributed by atoms with Gasteiger partial charge in [-0.05, 0) is 78.8 Å². The lowest BCUT2D eigenvalue weighted by Crippen LogP contribution is -2.55. The van der Waals surface area contributed by atoms with Crippen LogP contribution in [0, 0.1) is 0 Å². The SMILES string of the molecule is CC(C)[Si](c1ccc(-n2c3ccccc3c3c(Br)c(Br)ccc32)cc1)(C(C)C)C(C)C. The minimum atomic E-state index is -1.66. The molecule has 0 saturated heterocycles. The van der Waals surface area contributed by atoms with Gasteiger partial charge in [-0.2, -0.15) is 0 Å². The third-order valence-electron chi connectivity index (χ3n) is 7.22. The van der Waals surface area contributed by atoms with Crippen LogP contribution in [0.15, 0.2) is 69.6 Å². The minimum absolute atomic E-state index is 0.708. The van der Waals surface area contributed by atoms with E-state index < -0.39 is 8.07 Å². The van der Waals surface area contributed by atoms with Crippen molar-refractivity contribution in [1.82, 2.24) is 4.57 Å². The third kappa shape index (κ3) is 3.46. The van der Waals surface area contributed by atoms with Gasteiger partial charge < -0.3 is 4.57 Å². The van der Waals surface area contributed by atoms with E-state index in [-0.39, 0.29) is 0 Å². The van der Waals surface area contributed by atoms with Gasteiger partial charge in [-0.15, -0.1) is 0 Å². The Morgan fingerprint density at radius 1 is 0.677 bits per heavy atom. The smallest absolute Gasteiger partial charge is 0.0942 e. The lowest BCUT2D eigenvalue weighted by atomic mass is 10.2. The molecule has 3 aromatic carbocycles. The summed E-state index contributed by atoms with van der Waals surface area (Å²) in [7, 11) is -1.66. The molecule has 0 N–H and O–H groups in total. The Hall–Kier alpha value is -1.36. The molecule has 4 aromatic rings. The molecular formula is C27H31Br2NSi. The summed E-state index contributed by atoms with van der Waals surface area (Å²) >= 11 is 7.51. The van der Waals surface area contributed by atoms with Gasteiger partial charge in [-0.25, -0.2) is 0 Å². The largest absolute Gasteiger partial charge is 0.309 e. The number of nitrogens with zero attached hydrogens (tertiary/aromatic N) is 1. The van der Waals surface area contributed by atoms with Crippen molar-refractivity contribution in [3.63, 3.8) is 0 Å². The normalized spacial score (nSPS) is 12.7. The number of hydrogen-bond donors (Lipinski definition) is 0. The maximum atomic E-state index is 3.82. The number of fused-ring (bicyclic) bond motifs is 3. The monoisotopic (exact) mass is 555 g/mol. The summed E-state index contributed by atoms with van der Waals surface area (Å²) in [5.41, 5.74) is 5.82. The maximum Gasteiger partial charge on any atom is 0.0942 e. The third-order valence-corrected chi connectivity index (χ3v) is 16.3. The molecule has 4 rings (SSSR count). The van der Waals surface area contributed by atoms with E-state index in [4.69, 9.17) is 0 Å². The van der Waals surface area contributed by atoms with Crippen molar-refractivity contribution in [3.05, 3.63) is 69.6 Å². The quantitative estimate of drug-likeness (QED) is 0.216. The van der Waals surface area contributed by atoms with E-state index in [1.54, 1.807) is 5.19 Å². The van der Waals surface area contributed by atoms with Crippen molar-refractivity contribution < 1.29 is 0 Å². The maximum absolute atomic E-state index is 3.82. The van der Waals surface area contributed by atoms with E-state index in [1.807, 2.05) is 0 Å². The Bertz CT molecular complexity index is 1210. The van der Waals surface area contributed by atoms with Gasteiger partial charge in [0, 0.05) is 25.4 Å². The topological polar surface area (TPSA) is 4.93 Å². The number of rotatable bonds is 5. The molecule has 0 amide bonds. The fourth-order valence-electron chi connectivity index (χ4n) is 6.17. The Balaban J connectivity index is 1.95. The van der Waals surface area contributed by atoms with Gasteiger partial charge in [-0.1, -0.05) is 77.1 Å². The summed E-state index contributed by atoms with van der Waals surface area (Å²) in [6.07, 6.45) is 0. The molecule has 31 heavy (non-hydrogen) atoms. The molecule has 0 fully saturated rings. The van der Waals surface area contributed by atoms with Crippen LogP contribution in [-0.4, -0.2) is 12.6 Å². The summed E-state index contributed by atoms with van der Waals surface area (Å²) in [6, 6.07) is 22.6. The van der Waals surface area contributed by atoms with Crippen molar-refractivity contribution in [2.24, 2.45) is 0 Å². The molecule has 0 spiro atoms. The van der Waals surface area contributed by atoms with E-state index in [1.165, 1.54) is 27.5 Å². The van der Waals surface area contributed by atoms with Gasteiger partial charge in [0.1, 0.15) is 0 Å². The van der Waals surface area contributed by atoms with Gasteiger partial charge in [0.15, 0.2) is 0 Å². The standard InChI is InChI=1S/C27H31Br2NSi/c1-17(2)31(18(3)4,19(5)6)21-13-11-20(12-14-21)30-24-10-8-7-9-22(24)26-25(30)16-15-23(28)27(26)29/h7-19H,1-6H3. The Morgan fingerprint density at radius 3 is 1.84 bits per heavy atom. The van der Waals surface area contributed by atoms with Gasteiger partial charge in [0.2, 0.25) is 0 Å². The molecule has 0 atom stereocenters. The van der Waals surface area contributed by atoms with Gasteiger partial charge in [-0.3, -0.25) is 0 Å². The highest BCUT2D eigenvalue weighted by atomic mass is 79.9. The molecule has 0 unspecified atom stereocenters. The van der Waals surface area contributed by atoms with Crippen molar-refractivity contribution in [1.29, 1.82) is 0 Å². The van der Waals surface area contributed by atoms with Crippen LogP contribution in [0.25, 0.3) is 27.5 Å². The molecular weight excluding hydrogens is 526 g/mol. The molecule has 0 aliphatic rings. The summed E-state index contributed by atoms with van der Waals surface area (Å²) in [5.74, 6) is 0. The molecule has 1 aromatic heterocycles. The minimum Gasteiger partial charge on any atom is -0.309 e. The van der Waals surface area contributed by atoms with Crippen LogP contribution in [0.5, 0.6) is 0 Å². The van der Waals surface area contributed by atoms with Crippen LogP contribution < -0.4 is 5.19 Å². The molecule has 0 bridgehead atoms. The van der Waals surface area contributed by atoms with Crippen molar-refractivity contribution in [2.45, 2.75) is 58.2 Å². The van der Waals surface area contributed by atoms with Crippen LogP contribution >= 0.6 is 31.9 Å². The van der Waals surface area contributed by atoms with Crippen molar-refractivity contribution in [2.75, 3.05) is 0 Å². The molecule has 1 nitrogen and oxygen atoms in total. The van der Waals surface area contributed by atoms with Gasteiger partial charge in [0.25, 0.3) is 0 Å². The Labute approximate surface area is 204 Å². The summed E-state index contributed by atoms with van der Waals surface area (Å²) < 4.78 is 4.59. The van der Waals surface area contributed by atoms with Crippen LogP contribution in [0.3, 0.4) is 0 Å². The Kier molecular flexibility index (Phi) is 6.28. The second-order valence-corrected chi connectivity index (χ2v) is 17.1. The number of aromatic nitrogens is 1. The van der Waals surface area contributed by atoms with Gasteiger partial charge >= 0.3 is 0 Å².